The van der Waals surface area contributed by atoms with Crippen LogP contribution in [0, 0.1) is 0 Å². The Morgan fingerprint density at radius 1 is 1.18 bits per heavy atom. The minimum Gasteiger partial charge on any atom is -0.348 e. The van der Waals surface area contributed by atoms with Crippen molar-refractivity contribution in [3.8, 4) is 0 Å². The number of hydrogen-bond donors (Lipinski definition) is 4. The number of amides is 4. The Labute approximate surface area is 162 Å². The van der Waals surface area contributed by atoms with E-state index in [1.165, 1.54) is 6.92 Å². The molecule has 1 unspecified atom stereocenters. The summed E-state index contributed by atoms with van der Waals surface area (Å²) in [7, 11) is 0. The number of hydrogen-bond acceptors (Lipinski definition) is 4. The van der Waals surface area contributed by atoms with Crippen molar-refractivity contribution in [2.24, 2.45) is 0 Å². The van der Waals surface area contributed by atoms with Gasteiger partial charge in [-0.3, -0.25) is 14.6 Å². The summed E-state index contributed by atoms with van der Waals surface area (Å²) in [6, 6.07) is 9.68. The fraction of sp³-hybridized carbons (Fsp3) is 0.200. The van der Waals surface area contributed by atoms with Gasteiger partial charge in [0.15, 0.2) is 0 Å². The molecule has 2 aromatic rings. The van der Waals surface area contributed by atoms with Crippen LogP contribution in [-0.4, -0.2) is 22.8 Å². The van der Waals surface area contributed by atoms with E-state index in [0.717, 1.165) is 11.1 Å². The van der Waals surface area contributed by atoms with Crippen LogP contribution in [0.3, 0.4) is 0 Å². The number of urea groups is 1. The molecule has 144 valence electrons. The molecular weight excluding hydrogens is 358 g/mol. The molecule has 8 nitrogen and oxygen atoms in total. The second-order valence-electron chi connectivity index (χ2n) is 6.42. The summed E-state index contributed by atoms with van der Waals surface area (Å²) in [5, 5.41) is 11.0. The molecule has 0 spiro atoms. The van der Waals surface area contributed by atoms with Gasteiger partial charge in [-0.15, -0.1) is 0 Å². The Kier molecular flexibility index (Phi) is 5.69. The molecule has 0 aliphatic carbocycles. The Bertz CT molecular complexity index is 923. The van der Waals surface area contributed by atoms with Gasteiger partial charge in [-0.25, -0.2) is 4.79 Å². The smallest absolute Gasteiger partial charge is 0.319 e. The average Bonchev–Trinajstić information content (AvgIpc) is 2.66. The van der Waals surface area contributed by atoms with E-state index in [1.54, 1.807) is 49.6 Å². The van der Waals surface area contributed by atoms with Gasteiger partial charge in [0.1, 0.15) is 0 Å². The maximum absolute atomic E-state index is 12.8. The Morgan fingerprint density at radius 3 is 2.57 bits per heavy atom. The summed E-state index contributed by atoms with van der Waals surface area (Å²) in [6.45, 7) is 3.44. The lowest BCUT2D eigenvalue weighted by Gasteiger charge is -2.28. The fourth-order valence-electron chi connectivity index (χ4n) is 2.99. The number of benzene rings is 1. The first-order valence-electron chi connectivity index (χ1n) is 8.77. The van der Waals surface area contributed by atoms with Gasteiger partial charge < -0.3 is 21.3 Å². The molecule has 1 aliphatic heterocycles. The van der Waals surface area contributed by atoms with Crippen molar-refractivity contribution < 1.29 is 14.4 Å². The number of anilines is 1. The third-order valence-electron chi connectivity index (χ3n) is 4.25. The second kappa shape index (κ2) is 8.34. The van der Waals surface area contributed by atoms with Gasteiger partial charge in [-0.05, 0) is 36.2 Å². The molecule has 0 saturated heterocycles. The van der Waals surface area contributed by atoms with Crippen LogP contribution < -0.4 is 21.3 Å². The van der Waals surface area contributed by atoms with E-state index in [1.807, 2.05) is 6.07 Å². The maximum Gasteiger partial charge on any atom is 0.319 e. The van der Waals surface area contributed by atoms with Crippen molar-refractivity contribution in [2.75, 3.05) is 5.32 Å². The first kappa shape index (κ1) is 19.1. The van der Waals surface area contributed by atoms with Crippen LogP contribution in [0.15, 0.2) is 60.1 Å². The summed E-state index contributed by atoms with van der Waals surface area (Å²) in [5.41, 5.74) is 3.16. The zero-order valence-electron chi connectivity index (χ0n) is 15.6. The van der Waals surface area contributed by atoms with Crippen molar-refractivity contribution in [3.63, 3.8) is 0 Å². The van der Waals surface area contributed by atoms with Crippen LogP contribution in [0.25, 0.3) is 0 Å². The molecule has 0 bridgehead atoms. The number of pyridine rings is 1. The van der Waals surface area contributed by atoms with E-state index in [0.29, 0.717) is 23.5 Å². The predicted octanol–water partition coefficient (Wildman–Crippen LogP) is 1.98. The van der Waals surface area contributed by atoms with Crippen LogP contribution in [0.5, 0.6) is 0 Å². The van der Waals surface area contributed by atoms with Crippen LogP contribution in [0.2, 0.25) is 0 Å². The SMILES string of the molecule is CC(=O)Nc1ccc(C2NC(=O)NC(C)=C2C(=O)NCc2cccnc2)cc1. The summed E-state index contributed by atoms with van der Waals surface area (Å²) >= 11 is 0. The van der Waals surface area contributed by atoms with Crippen LogP contribution in [-0.2, 0) is 16.1 Å². The van der Waals surface area contributed by atoms with E-state index in [2.05, 4.69) is 26.3 Å². The van der Waals surface area contributed by atoms with Crippen molar-refractivity contribution in [1.82, 2.24) is 20.9 Å². The Morgan fingerprint density at radius 2 is 1.93 bits per heavy atom. The normalized spacial score (nSPS) is 16.1. The highest BCUT2D eigenvalue weighted by Gasteiger charge is 2.31. The van der Waals surface area contributed by atoms with Gasteiger partial charge in [0.2, 0.25) is 5.91 Å². The van der Waals surface area contributed by atoms with Crippen molar-refractivity contribution >= 4 is 23.5 Å². The minimum atomic E-state index is -0.603. The molecule has 2 heterocycles. The highest BCUT2D eigenvalue weighted by molar-refractivity contribution is 5.98. The minimum absolute atomic E-state index is 0.172. The summed E-state index contributed by atoms with van der Waals surface area (Å²) < 4.78 is 0. The average molecular weight is 379 g/mol. The molecule has 1 aromatic carbocycles. The number of rotatable bonds is 5. The van der Waals surface area contributed by atoms with Gasteiger partial charge in [-0.2, -0.15) is 0 Å². The first-order chi connectivity index (χ1) is 13.4. The van der Waals surface area contributed by atoms with Crippen LogP contribution in [0.4, 0.5) is 10.5 Å². The molecule has 8 heteroatoms. The number of carbonyl (C=O) groups is 3. The fourth-order valence-corrected chi connectivity index (χ4v) is 2.99. The van der Waals surface area contributed by atoms with Crippen molar-refractivity contribution in [3.05, 3.63) is 71.2 Å². The van der Waals surface area contributed by atoms with Crippen LogP contribution >= 0.6 is 0 Å². The van der Waals surface area contributed by atoms with E-state index >= 15 is 0 Å². The number of aromatic nitrogens is 1. The third-order valence-corrected chi connectivity index (χ3v) is 4.25. The van der Waals surface area contributed by atoms with Gasteiger partial charge in [0.25, 0.3) is 5.91 Å². The summed E-state index contributed by atoms with van der Waals surface area (Å²) in [6.07, 6.45) is 3.35. The summed E-state index contributed by atoms with van der Waals surface area (Å²) in [4.78, 5) is 40.0. The third kappa shape index (κ3) is 4.53. The lowest BCUT2D eigenvalue weighted by Crippen LogP contribution is -2.46. The molecule has 0 fully saturated rings. The molecule has 4 amide bonds. The van der Waals surface area contributed by atoms with Gasteiger partial charge in [0, 0.05) is 37.2 Å². The molecule has 1 aromatic heterocycles. The Balaban J connectivity index is 1.81. The molecule has 1 atom stereocenters. The molecule has 3 rings (SSSR count). The van der Waals surface area contributed by atoms with Gasteiger partial charge in [0.05, 0.1) is 11.6 Å². The molecule has 28 heavy (non-hydrogen) atoms. The monoisotopic (exact) mass is 379 g/mol. The summed E-state index contributed by atoms with van der Waals surface area (Å²) in [5.74, 6) is -0.459. The zero-order chi connectivity index (χ0) is 20.1. The molecule has 4 N–H and O–H groups in total. The standard InChI is InChI=1S/C20H21N5O3/c1-12-17(19(27)22-11-14-4-3-9-21-10-14)18(25-20(28)23-12)15-5-7-16(8-6-15)24-13(2)26/h3-10,18H,11H2,1-2H3,(H,22,27)(H,24,26)(H2,23,25,28). The van der Waals surface area contributed by atoms with Crippen molar-refractivity contribution in [1.29, 1.82) is 0 Å². The molecular formula is C20H21N5O3. The highest BCUT2D eigenvalue weighted by atomic mass is 16.2. The second-order valence-corrected chi connectivity index (χ2v) is 6.42. The predicted molar refractivity (Wildman–Crippen MR) is 104 cm³/mol. The number of nitrogens with zero attached hydrogens (tertiary/aromatic N) is 1. The quantitative estimate of drug-likeness (QED) is 0.636. The largest absolute Gasteiger partial charge is 0.348 e. The lowest BCUT2D eigenvalue weighted by atomic mass is 9.94. The first-order valence-corrected chi connectivity index (χ1v) is 8.77. The van der Waals surface area contributed by atoms with Gasteiger partial charge >= 0.3 is 6.03 Å². The van der Waals surface area contributed by atoms with E-state index < -0.39 is 6.04 Å². The topological polar surface area (TPSA) is 112 Å². The van der Waals surface area contributed by atoms with E-state index in [4.69, 9.17) is 0 Å². The lowest BCUT2D eigenvalue weighted by molar-refractivity contribution is -0.118. The highest BCUT2D eigenvalue weighted by Crippen LogP contribution is 2.27. The van der Waals surface area contributed by atoms with E-state index in [9.17, 15) is 14.4 Å². The molecule has 1 aliphatic rings. The number of carbonyl (C=O) groups excluding carboxylic acids is 3. The van der Waals surface area contributed by atoms with Gasteiger partial charge in [-0.1, -0.05) is 18.2 Å². The Hall–Kier alpha value is -3.68. The molecule has 0 saturated carbocycles. The zero-order valence-corrected chi connectivity index (χ0v) is 15.6. The maximum atomic E-state index is 12.8. The van der Waals surface area contributed by atoms with E-state index in [-0.39, 0.29) is 17.8 Å². The molecule has 0 radical (unpaired) electrons. The van der Waals surface area contributed by atoms with Crippen LogP contribution in [0.1, 0.15) is 31.0 Å². The van der Waals surface area contributed by atoms with Crippen molar-refractivity contribution in [2.45, 2.75) is 26.4 Å². The number of nitrogens with one attached hydrogen (secondary N) is 4. The number of allylic oxidation sites excluding steroid dienone is 1.